The maximum absolute atomic E-state index is 14.2. The summed E-state index contributed by atoms with van der Waals surface area (Å²) in [6, 6.07) is 11.5. The van der Waals surface area contributed by atoms with Gasteiger partial charge in [-0.1, -0.05) is 30.3 Å². The van der Waals surface area contributed by atoms with Crippen LogP contribution in [0.4, 0.5) is 8.78 Å². The molecule has 1 heterocycles. The van der Waals surface area contributed by atoms with Crippen molar-refractivity contribution >= 4 is 0 Å². The molecule has 1 fully saturated rings. The number of hydrogen-bond acceptors (Lipinski definition) is 3. The second kappa shape index (κ2) is 10.5. The van der Waals surface area contributed by atoms with Gasteiger partial charge in [-0.3, -0.25) is 0 Å². The summed E-state index contributed by atoms with van der Waals surface area (Å²) < 4.78 is 44.7. The molecule has 0 amide bonds. The molecule has 5 heteroatoms. The molecule has 0 radical (unpaired) electrons. The smallest absolute Gasteiger partial charge is 0.200 e. The van der Waals surface area contributed by atoms with E-state index in [-0.39, 0.29) is 24.5 Å². The van der Waals surface area contributed by atoms with Gasteiger partial charge in [-0.2, -0.15) is 4.39 Å². The maximum Gasteiger partial charge on any atom is 0.200 e. The molecule has 0 aromatic heterocycles. The molecule has 2 aromatic carbocycles. The largest absolute Gasteiger partial charge is 0.491 e. The highest BCUT2D eigenvalue weighted by Gasteiger charge is 2.24. The fourth-order valence-electron chi connectivity index (χ4n) is 3.48. The minimum absolute atomic E-state index is 0.0392. The lowest BCUT2D eigenvalue weighted by atomic mass is 9.92. The van der Waals surface area contributed by atoms with Crippen molar-refractivity contribution in [3.05, 3.63) is 77.4 Å². The average Bonchev–Trinajstić information content (AvgIpc) is 2.76. The molecule has 0 aliphatic carbocycles. The van der Waals surface area contributed by atoms with Crippen LogP contribution < -0.4 is 4.74 Å². The molecule has 1 aliphatic heterocycles. The molecule has 29 heavy (non-hydrogen) atoms. The Morgan fingerprint density at radius 2 is 1.90 bits per heavy atom. The van der Waals surface area contributed by atoms with E-state index in [1.54, 1.807) is 6.92 Å². The van der Waals surface area contributed by atoms with Gasteiger partial charge in [0.15, 0.2) is 17.9 Å². The number of ether oxygens (including phenoxy) is 3. The third-order valence-electron chi connectivity index (χ3n) is 5.17. The van der Waals surface area contributed by atoms with Crippen molar-refractivity contribution in [1.82, 2.24) is 0 Å². The maximum atomic E-state index is 14.2. The first-order chi connectivity index (χ1) is 14.1. The van der Waals surface area contributed by atoms with Gasteiger partial charge in [0.1, 0.15) is 0 Å². The van der Waals surface area contributed by atoms with Crippen molar-refractivity contribution in [2.24, 2.45) is 0 Å². The summed E-state index contributed by atoms with van der Waals surface area (Å²) in [5, 5.41) is 0. The third kappa shape index (κ3) is 5.64. The average molecular weight is 402 g/mol. The fraction of sp³-hybridized carbons (Fsp3) is 0.417. The van der Waals surface area contributed by atoms with Crippen LogP contribution in [0.1, 0.15) is 48.8 Å². The predicted octanol–water partition coefficient (Wildman–Crippen LogP) is 5.92. The van der Waals surface area contributed by atoms with Crippen molar-refractivity contribution in [1.29, 1.82) is 0 Å². The van der Waals surface area contributed by atoms with E-state index in [1.165, 1.54) is 23.3 Å². The first kappa shape index (κ1) is 21.5. The Morgan fingerprint density at radius 1 is 1.10 bits per heavy atom. The van der Waals surface area contributed by atoms with Crippen LogP contribution in [0.25, 0.3) is 0 Å². The van der Waals surface area contributed by atoms with Crippen LogP contribution in [0.5, 0.6) is 5.75 Å². The lowest BCUT2D eigenvalue weighted by molar-refractivity contribution is -0.174. The Kier molecular flexibility index (Phi) is 7.78. The molecule has 0 saturated carbocycles. The van der Waals surface area contributed by atoms with E-state index in [0.29, 0.717) is 18.9 Å². The third-order valence-corrected chi connectivity index (χ3v) is 5.17. The molecule has 156 valence electrons. The van der Waals surface area contributed by atoms with Gasteiger partial charge < -0.3 is 14.2 Å². The lowest BCUT2D eigenvalue weighted by Crippen LogP contribution is -2.27. The zero-order valence-electron chi connectivity index (χ0n) is 16.8. The molecule has 0 bridgehead atoms. The van der Waals surface area contributed by atoms with E-state index in [2.05, 4.69) is 30.8 Å². The predicted molar refractivity (Wildman–Crippen MR) is 109 cm³/mol. The number of benzene rings is 2. The Hall–Kier alpha value is -2.24. The van der Waals surface area contributed by atoms with Crippen LogP contribution in [0.3, 0.4) is 0 Å². The van der Waals surface area contributed by atoms with Gasteiger partial charge in [0.2, 0.25) is 5.82 Å². The van der Waals surface area contributed by atoms with Gasteiger partial charge in [0, 0.05) is 11.5 Å². The summed E-state index contributed by atoms with van der Waals surface area (Å²) in [7, 11) is 0. The van der Waals surface area contributed by atoms with Crippen molar-refractivity contribution in [3.63, 3.8) is 0 Å². The SMILES string of the molecule is C=CCCc1ccc(C2CCC(OCc3ccc(OCC)c(F)c3F)OC2)cc1. The highest BCUT2D eigenvalue weighted by atomic mass is 19.2. The summed E-state index contributed by atoms with van der Waals surface area (Å²) >= 11 is 0. The van der Waals surface area contributed by atoms with Gasteiger partial charge in [0.25, 0.3) is 0 Å². The molecule has 2 atom stereocenters. The number of halogens is 2. The zero-order valence-corrected chi connectivity index (χ0v) is 16.8. The summed E-state index contributed by atoms with van der Waals surface area (Å²) in [5.74, 6) is -1.67. The molecule has 2 aromatic rings. The van der Waals surface area contributed by atoms with Crippen LogP contribution in [0.15, 0.2) is 49.1 Å². The van der Waals surface area contributed by atoms with E-state index >= 15 is 0 Å². The van der Waals surface area contributed by atoms with Crippen LogP contribution in [-0.4, -0.2) is 19.5 Å². The molecule has 3 nitrogen and oxygen atoms in total. The van der Waals surface area contributed by atoms with E-state index in [9.17, 15) is 8.78 Å². The Balaban J connectivity index is 1.49. The van der Waals surface area contributed by atoms with Gasteiger partial charge in [-0.25, -0.2) is 4.39 Å². The fourth-order valence-corrected chi connectivity index (χ4v) is 3.48. The van der Waals surface area contributed by atoms with Crippen LogP contribution in [-0.2, 0) is 22.5 Å². The van der Waals surface area contributed by atoms with Crippen molar-refractivity contribution in [2.75, 3.05) is 13.2 Å². The minimum atomic E-state index is -0.978. The highest BCUT2D eigenvalue weighted by molar-refractivity contribution is 5.31. The monoisotopic (exact) mass is 402 g/mol. The molecule has 0 N–H and O–H groups in total. The van der Waals surface area contributed by atoms with Crippen molar-refractivity contribution < 1.29 is 23.0 Å². The second-order valence-electron chi connectivity index (χ2n) is 7.20. The first-order valence-corrected chi connectivity index (χ1v) is 10.1. The summed E-state index contributed by atoms with van der Waals surface area (Å²) in [6.07, 6.45) is 5.14. The zero-order chi connectivity index (χ0) is 20.6. The molecule has 1 saturated heterocycles. The van der Waals surface area contributed by atoms with Crippen LogP contribution in [0.2, 0.25) is 0 Å². The number of allylic oxidation sites excluding steroid dienone is 1. The minimum Gasteiger partial charge on any atom is -0.491 e. The van der Waals surface area contributed by atoms with Gasteiger partial charge in [-0.15, -0.1) is 6.58 Å². The topological polar surface area (TPSA) is 27.7 Å². The molecule has 1 aliphatic rings. The molecule has 2 unspecified atom stereocenters. The van der Waals surface area contributed by atoms with Crippen LogP contribution >= 0.6 is 0 Å². The standard InChI is InChI=1S/C24H28F2O3/c1-3-5-6-17-7-9-18(10-8-17)19-12-14-22(28-15-19)29-16-20-11-13-21(27-4-2)24(26)23(20)25/h3,7-11,13,19,22H,1,4-6,12,14-16H2,2H3. The van der Waals surface area contributed by atoms with E-state index in [4.69, 9.17) is 14.2 Å². The van der Waals surface area contributed by atoms with Gasteiger partial charge in [0.05, 0.1) is 19.8 Å². The van der Waals surface area contributed by atoms with E-state index < -0.39 is 17.9 Å². The normalized spacial score (nSPS) is 19.1. The van der Waals surface area contributed by atoms with E-state index in [0.717, 1.165) is 19.3 Å². The Labute approximate surface area is 171 Å². The molecular weight excluding hydrogens is 374 g/mol. The van der Waals surface area contributed by atoms with Gasteiger partial charge >= 0.3 is 0 Å². The first-order valence-electron chi connectivity index (χ1n) is 10.1. The summed E-state index contributed by atoms with van der Waals surface area (Å²) in [5.41, 5.74) is 2.72. The number of rotatable bonds is 9. The molecule has 0 spiro atoms. The molecular formula is C24H28F2O3. The summed E-state index contributed by atoms with van der Waals surface area (Å²) in [6.45, 7) is 6.27. The number of hydrogen-bond donors (Lipinski definition) is 0. The highest BCUT2D eigenvalue weighted by Crippen LogP contribution is 2.30. The molecule has 3 rings (SSSR count). The Morgan fingerprint density at radius 3 is 2.55 bits per heavy atom. The van der Waals surface area contributed by atoms with Crippen molar-refractivity contribution in [2.45, 2.75) is 51.4 Å². The Bertz CT molecular complexity index is 797. The number of aryl methyl sites for hydroxylation is 1. The van der Waals surface area contributed by atoms with Gasteiger partial charge in [-0.05, 0) is 55.9 Å². The lowest BCUT2D eigenvalue weighted by Gasteiger charge is -2.29. The van der Waals surface area contributed by atoms with Crippen LogP contribution in [0, 0.1) is 11.6 Å². The quantitative estimate of drug-likeness (QED) is 0.487. The second-order valence-corrected chi connectivity index (χ2v) is 7.20. The van der Waals surface area contributed by atoms with Crippen molar-refractivity contribution in [3.8, 4) is 5.75 Å². The van der Waals surface area contributed by atoms with E-state index in [1.807, 2.05) is 6.08 Å². The summed E-state index contributed by atoms with van der Waals surface area (Å²) in [4.78, 5) is 0.